The number of hydrogen-bond donors (Lipinski definition) is 1. The maximum Gasteiger partial charge on any atom is 0.308 e. The van der Waals surface area contributed by atoms with E-state index in [-0.39, 0.29) is 12.0 Å². The van der Waals surface area contributed by atoms with Gasteiger partial charge in [0.05, 0.1) is 17.0 Å². The van der Waals surface area contributed by atoms with E-state index in [1.807, 2.05) is 23.6 Å². The van der Waals surface area contributed by atoms with E-state index in [1.165, 1.54) is 0 Å². The zero-order valence-corrected chi connectivity index (χ0v) is 12.9. The maximum atomic E-state index is 12.5. The summed E-state index contributed by atoms with van der Waals surface area (Å²) in [5.41, 5.74) is 1.04. The van der Waals surface area contributed by atoms with Crippen molar-refractivity contribution >= 4 is 17.3 Å². The van der Waals surface area contributed by atoms with Gasteiger partial charge in [-0.05, 0) is 23.9 Å². The second-order valence-electron chi connectivity index (χ2n) is 4.96. The molecule has 0 saturated carbocycles. The Morgan fingerprint density at radius 3 is 2.71 bits per heavy atom. The van der Waals surface area contributed by atoms with Crippen molar-refractivity contribution in [1.82, 2.24) is 4.57 Å². The first kappa shape index (κ1) is 15.5. The second-order valence-corrected chi connectivity index (χ2v) is 5.90. The molecule has 0 saturated heterocycles. The topological polar surface area (TPSA) is 59.3 Å². The van der Waals surface area contributed by atoms with Crippen molar-refractivity contribution in [2.45, 2.75) is 39.2 Å². The van der Waals surface area contributed by atoms with Crippen molar-refractivity contribution in [3.63, 3.8) is 0 Å². The predicted molar refractivity (Wildman–Crippen MR) is 84.9 cm³/mol. The Labute approximate surface area is 127 Å². The van der Waals surface area contributed by atoms with Crippen molar-refractivity contribution in [3.05, 3.63) is 45.6 Å². The Balaban J connectivity index is 2.43. The quantitative estimate of drug-likeness (QED) is 0.798. The number of thiophene rings is 1. The van der Waals surface area contributed by atoms with Gasteiger partial charge >= 0.3 is 5.97 Å². The number of nitrogens with zero attached hydrogens (tertiary/aromatic N) is 1. The van der Waals surface area contributed by atoms with Gasteiger partial charge in [-0.2, -0.15) is 0 Å². The summed E-state index contributed by atoms with van der Waals surface area (Å²) in [5.74, 6) is -0.976. The third-order valence-corrected chi connectivity index (χ3v) is 4.25. The van der Waals surface area contributed by atoms with Crippen LogP contribution < -0.4 is 5.56 Å². The summed E-state index contributed by atoms with van der Waals surface area (Å²) in [4.78, 5) is 24.4. The van der Waals surface area contributed by atoms with E-state index in [4.69, 9.17) is 5.11 Å². The molecule has 0 bridgehead atoms. The minimum atomic E-state index is -0.976. The Morgan fingerprint density at radius 2 is 2.10 bits per heavy atom. The fourth-order valence-corrected chi connectivity index (χ4v) is 3.06. The lowest BCUT2D eigenvalue weighted by Gasteiger charge is -2.13. The van der Waals surface area contributed by atoms with Gasteiger partial charge in [0, 0.05) is 12.1 Å². The highest BCUT2D eigenvalue weighted by Gasteiger charge is 2.13. The first-order valence-electron chi connectivity index (χ1n) is 7.12. The first-order chi connectivity index (χ1) is 10.1. The molecular formula is C16H19NO3S. The number of carboxylic acid groups (broad SMARTS) is 1. The van der Waals surface area contributed by atoms with Gasteiger partial charge in [0.1, 0.15) is 0 Å². The van der Waals surface area contributed by atoms with Crippen LogP contribution in [0.15, 0.2) is 34.4 Å². The Kier molecular flexibility index (Phi) is 5.33. The fourth-order valence-electron chi connectivity index (χ4n) is 2.30. The van der Waals surface area contributed by atoms with E-state index in [2.05, 4.69) is 6.92 Å². The highest BCUT2D eigenvalue weighted by atomic mass is 32.1. The zero-order chi connectivity index (χ0) is 15.2. The van der Waals surface area contributed by atoms with Crippen LogP contribution in [0.2, 0.25) is 0 Å². The first-order valence-corrected chi connectivity index (χ1v) is 8.00. The standard InChI is InChI=1S/C16H19NO3S/c1-2-3-4-9-17-13(14-6-5-10-21-14)8-7-12(16(17)20)11-15(18)19/h5-8,10H,2-4,9,11H2,1H3,(H,18,19). The highest BCUT2D eigenvalue weighted by Crippen LogP contribution is 2.24. The minimum absolute atomic E-state index is 0.181. The Bertz CT molecular complexity index is 659. The molecule has 2 rings (SSSR count). The number of pyridine rings is 1. The van der Waals surface area contributed by atoms with Crippen LogP contribution in [-0.2, 0) is 17.8 Å². The number of unbranched alkanes of at least 4 members (excludes halogenated alkanes) is 2. The van der Waals surface area contributed by atoms with Crippen LogP contribution in [0.3, 0.4) is 0 Å². The number of aromatic nitrogens is 1. The van der Waals surface area contributed by atoms with E-state index >= 15 is 0 Å². The fraction of sp³-hybridized carbons (Fsp3) is 0.375. The molecule has 0 amide bonds. The summed E-state index contributed by atoms with van der Waals surface area (Å²) in [5, 5.41) is 10.9. The van der Waals surface area contributed by atoms with Crippen LogP contribution in [-0.4, -0.2) is 15.6 Å². The van der Waals surface area contributed by atoms with Gasteiger partial charge in [-0.3, -0.25) is 9.59 Å². The molecule has 112 valence electrons. The predicted octanol–water partition coefficient (Wildman–Crippen LogP) is 3.39. The number of carbonyl (C=O) groups is 1. The molecule has 2 aromatic rings. The summed E-state index contributed by atoms with van der Waals surface area (Å²) in [6.45, 7) is 2.75. The summed E-state index contributed by atoms with van der Waals surface area (Å²) in [7, 11) is 0. The summed E-state index contributed by atoms with van der Waals surface area (Å²) in [6.07, 6.45) is 2.83. The molecule has 0 aliphatic heterocycles. The molecule has 5 heteroatoms. The van der Waals surface area contributed by atoms with Crippen molar-refractivity contribution in [3.8, 4) is 10.6 Å². The Morgan fingerprint density at radius 1 is 1.29 bits per heavy atom. The number of rotatable bonds is 7. The van der Waals surface area contributed by atoms with Crippen LogP contribution in [0.4, 0.5) is 0 Å². The van der Waals surface area contributed by atoms with Gasteiger partial charge in [-0.15, -0.1) is 11.3 Å². The lowest BCUT2D eigenvalue weighted by molar-refractivity contribution is -0.136. The highest BCUT2D eigenvalue weighted by molar-refractivity contribution is 7.13. The molecule has 21 heavy (non-hydrogen) atoms. The smallest absolute Gasteiger partial charge is 0.308 e. The summed E-state index contributed by atoms with van der Waals surface area (Å²) < 4.78 is 1.72. The molecule has 2 aromatic heterocycles. The van der Waals surface area contributed by atoms with Crippen LogP contribution in [0.5, 0.6) is 0 Å². The monoisotopic (exact) mass is 305 g/mol. The molecule has 4 nitrogen and oxygen atoms in total. The SMILES string of the molecule is CCCCCn1c(-c2cccs2)ccc(CC(=O)O)c1=O. The molecule has 0 aliphatic rings. The maximum absolute atomic E-state index is 12.5. The number of hydrogen-bond acceptors (Lipinski definition) is 3. The van der Waals surface area contributed by atoms with Crippen molar-refractivity contribution in [1.29, 1.82) is 0 Å². The summed E-state index contributed by atoms with van der Waals surface area (Å²) in [6, 6.07) is 7.43. The van der Waals surface area contributed by atoms with E-state index in [0.717, 1.165) is 29.8 Å². The number of aliphatic carboxylic acids is 1. The van der Waals surface area contributed by atoms with Crippen LogP contribution in [0.1, 0.15) is 31.7 Å². The third kappa shape index (κ3) is 3.82. The van der Waals surface area contributed by atoms with Crippen molar-refractivity contribution < 1.29 is 9.90 Å². The van der Waals surface area contributed by atoms with Crippen LogP contribution in [0.25, 0.3) is 10.6 Å². The normalized spacial score (nSPS) is 10.7. The average Bonchev–Trinajstić information content (AvgIpc) is 2.96. The van der Waals surface area contributed by atoms with Gasteiger partial charge in [0.2, 0.25) is 0 Å². The van der Waals surface area contributed by atoms with Crippen molar-refractivity contribution in [2.24, 2.45) is 0 Å². The van der Waals surface area contributed by atoms with Crippen LogP contribution >= 0.6 is 11.3 Å². The molecular weight excluding hydrogens is 286 g/mol. The van der Waals surface area contributed by atoms with Gasteiger partial charge in [0.25, 0.3) is 5.56 Å². The molecule has 0 unspecified atom stereocenters. The van der Waals surface area contributed by atoms with E-state index in [0.29, 0.717) is 12.1 Å². The van der Waals surface area contributed by atoms with Gasteiger partial charge < -0.3 is 9.67 Å². The second kappa shape index (κ2) is 7.22. The summed E-state index contributed by atoms with van der Waals surface area (Å²) >= 11 is 1.58. The molecule has 2 heterocycles. The molecule has 0 spiro atoms. The lowest BCUT2D eigenvalue weighted by Crippen LogP contribution is -2.26. The van der Waals surface area contributed by atoms with Crippen LogP contribution in [0, 0.1) is 0 Å². The van der Waals surface area contributed by atoms with E-state index in [9.17, 15) is 9.59 Å². The van der Waals surface area contributed by atoms with E-state index in [1.54, 1.807) is 22.0 Å². The van der Waals surface area contributed by atoms with Gasteiger partial charge in [0.15, 0.2) is 0 Å². The average molecular weight is 305 g/mol. The number of carboxylic acids is 1. The van der Waals surface area contributed by atoms with Gasteiger partial charge in [-0.25, -0.2) is 0 Å². The van der Waals surface area contributed by atoms with E-state index < -0.39 is 5.97 Å². The Hall–Kier alpha value is -1.88. The minimum Gasteiger partial charge on any atom is -0.481 e. The van der Waals surface area contributed by atoms with Gasteiger partial charge in [-0.1, -0.05) is 31.9 Å². The molecule has 0 atom stereocenters. The van der Waals surface area contributed by atoms with Crippen molar-refractivity contribution in [2.75, 3.05) is 0 Å². The largest absolute Gasteiger partial charge is 0.481 e. The third-order valence-electron chi connectivity index (χ3n) is 3.35. The lowest BCUT2D eigenvalue weighted by atomic mass is 10.1. The molecule has 0 radical (unpaired) electrons. The molecule has 0 aliphatic carbocycles. The zero-order valence-electron chi connectivity index (χ0n) is 12.0. The molecule has 0 fully saturated rings. The molecule has 1 N–H and O–H groups in total. The molecule has 0 aromatic carbocycles.